The normalized spacial score (nSPS) is 11.9. The molecule has 0 saturated heterocycles. The molecule has 1 aromatic rings. The van der Waals surface area contributed by atoms with Gasteiger partial charge in [-0.2, -0.15) is 0 Å². The summed E-state index contributed by atoms with van der Waals surface area (Å²) in [5.74, 6) is -1.71. The smallest absolute Gasteiger partial charge is 0.370 e. The Morgan fingerprint density at radius 3 is 1.63 bits per heavy atom. The van der Waals surface area contributed by atoms with Crippen molar-refractivity contribution < 1.29 is 22.1 Å². The zero-order chi connectivity index (χ0) is 14.5. The maximum absolute atomic E-state index is 13.6. The molecule has 0 heterocycles. The monoisotopic (exact) mass is 310 g/mol. The predicted octanol–water partition coefficient (Wildman–Crippen LogP) is 2.87. The van der Waals surface area contributed by atoms with Gasteiger partial charge in [0.05, 0.1) is 0 Å². The van der Waals surface area contributed by atoms with Gasteiger partial charge in [-0.05, 0) is 32.9 Å². The summed E-state index contributed by atoms with van der Waals surface area (Å²) in [5.41, 5.74) is 0. The SMILES string of the molecule is CCO[Si](OCC)(OCC)c1cc(F)c(Cl)c(F)c1. The Labute approximate surface area is 117 Å². The topological polar surface area (TPSA) is 27.7 Å². The second-order valence-corrected chi connectivity index (χ2v) is 6.54. The van der Waals surface area contributed by atoms with Crippen LogP contribution < -0.4 is 5.19 Å². The summed E-state index contributed by atoms with van der Waals surface area (Å²) in [4.78, 5) is 0. The highest BCUT2D eigenvalue weighted by molar-refractivity contribution is 6.75. The van der Waals surface area contributed by atoms with Crippen LogP contribution in [0.1, 0.15) is 20.8 Å². The first kappa shape index (κ1) is 16.5. The van der Waals surface area contributed by atoms with Gasteiger partial charge in [0.15, 0.2) is 0 Å². The zero-order valence-corrected chi connectivity index (χ0v) is 12.9. The fourth-order valence-electron chi connectivity index (χ4n) is 1.68. The lowest BCUT2D eigenvalue weighted by atomic mass is 10.3. The Balaban J connectivity index is 3.29. The summed E-state index contributed by atoms with van der Waals surface area (Å²) in [6.45, 7) is 6.25. The lowest BCUT2D eigenvalue weighted by Gasteiger charge is -2.28. The van der Waals surface area contributed by atoms with E-state index in [1.165, 1.54) is 0 Å². The molecule has 0 bridgehead atoms. The molecular formula is C12H17ClF2O3Si. The molecule has 0 fully saturated rings. The minimum absolute atomic E-state index is 0.234. The van der Waals surface area contributed by atoms with Crippen molar-refractivity contribution in [2.45, 2.75) is 20.8 Å². The Morgan fingerprint density at radius 1 is 0.947 bits per heavy atom. The lowest BCUT2D eigenvalue weighted by Crippen LogP contribution is -2.57. The summed E-state index contributed by atoms with van der Waals surface area (Å²) >= 11 is 5.47. The molecule has 0 N–H and O–H groups in total. The quantitative estimate of drug-likeness (QED) is 0.572. The van der Waals surface area contributed by atoms with E-state index in [4.69, 9.17) is 24.9 Å². The molecule has 0 aliphatic carbocycles. The highest BCUT2D eigenvalue weighted by Gasteiger charge is 2.44. The van der Waals surface area contributed by atoms with Crippen LogP contribution in [0.2, 0.25) is 5.02 Å². The van der Waals surface area contributed by atoms with Gasteiger partial charge in [0.2, 0.25) is 0 Å². The Kier molecular flexibility index (Phi) is 6.35. The van der Waals surface area contributed by atoms with Gasteiger partial charge in [0, 0.05) is 25.0 Å². The molecule has 0 spiro atoms. The van der Waals surface area contributed by atoms with Crippen LogP contribution in [0.5, 0.6) is 0 Å². The van der Waals surface area contributed by atoms with Crippen LogP contribution in [0.4, 0.5) is 8.78 Å². The van der Waals surface area contributed by atoms with E-state index in [1.54, 1.807) is 20.8 Å². The van der Waals surface area contributed by atoms with Crippen molar-refractivity contribution in [3.63, 3.8) is 0 Å². The van der Waals surface area contributed by atoms with E-state index in [9.17, 15) is 8.78 Å². The maximum Gasteiger partial charge on any atom is 0.537 e. The fraction of sp³-hybridized carbons (Fsp3) is 0.500. The van der Waals surface area contributed by atoms with Gasteiger partial charge in [0.1, 0.15) is 16.7 Å². The summed E-state index contributed by atoms with van der Waals surface area (Å²) in [7, 11) is -3.30. The third kappa shape index (κ3) is 3.73. The molecule has 7 heteroatoms. The molecule has 19 heavy (non-hydrogen) atoms. The second-order valence-electron chi connectivity index (χ2n) is 3.61. The molecule has 0 unspecified atom stereocenters. The van der Waals surface area contributed by atoms with E-state index in [0.717, 1.165) is 12.1 Å². The summed E-state index contributed by atoms with van der Waals surface area (Å²) in [6.07, 6.45) is 0. The third-order valence-electron chi connectivity index (χ3n) is 2.34. The minimum Gasteiger partial charge on any atom is -0.370 e. The van der Waals surface area contributed by atoms with Crippen molar-refractivity contribution in [3.8, 4) is 0 Å². The van der Waals surface area contributed by atoms with Crippen molar-refractivity contribution in [2.24, 2.45) is 0 Å². The number of rotatable bonds is 7. The molecule has 0 atom stereocenters. The molecule has 3 nitrogen and oxygen atoms in total. The predicted molar refractivity (Wildman–Crippen MR) is 71.6 cm³/mol. The Bertz CT molecular complexity index is 391. The van der Waals surface area contributed by atoms with E-state index in [0.29, 0.717) is 19.8 Å². The molecule has 0 radical (unpaired) electrons. The maximum atomic E-state index is 13.6. The largest absolute Gasteiger partial charge is 0.537 e. The first-order chi connectivity index (χ1) is 9.00. The molecule has 0 amide bonds. The molecule has 0 aliphatic rings. The molecule has 0 aromatic heterocycles. The van der Waals surface area contributed by atoms with E-state index >= 15 is 0 Å². The Hall–Kier alpha value is -0.533. The molecule has 108 valence electrons. The standard InChI is InChI=1S/C12H17ClF2O3Si/c1-4-16-19(17-5-2,18-6-3)9-7-10(14)12(13)11(15)8-9/h7-8H,4-6H2,1-3H3. The molecule has 0 saturated carbocycles. The van der Waals surface area contributed by atoms with Crippen molar-refractivity contribution >= 4 is 25.6 Å². The van der Waals surface area contributed by atoms with Gasteiger partial charge in [-0.15, -0.1) is 0 Å². The van der Waals surface area contributed by atoms with Crippen LogP contribution in [0.15, 0.2) is 12.1 Å². The van der Waals surface area contributed by atoms with Crippen LogP contribution in [-0.2, 0) is 13.3 Å². The van der Waals surface area contributed by atoms with Gasteiger partial charge >= 0.3 is 8.80 Å². The van der Waals surface area contributed by atoms with Crippen LogP contribution in [0.25, 0.3) is 0 Å². The van der Waals surface area contributed by atoms with Gasteiger partial charge in [0.25, 0.3) is 0 Å². The summed E-state index contributed by atoms with van der Waals surface area (Å²) in [6, 6.07) is 2.22. The van der Waals surface area contributed by atoms with Crippen LogP contribution >= 0.6 is 11.6 Å². The van der Waals surface area contributed by atoms with Crippen molar-refractivity contribution in [1.29, 1.82) is 0 Å². The number of benzene rings is 1. The van der Waals surface area contributed by atoms with Gasteiger partial charge < -0.3 is 13.3 Å². The van der Waals surface area contributed by atoms with E-state index in [-0.39, 0.29) is 5.19 Å². The van der Waals surface area contributed by atoms with Gasteiger partial charge in [-0.1, -0.05) is 11.6 Å². The third-order valence-corrected chi connectivity index (χ3v) is 5.70. The molecular weight excluding hydrogens is 294 g/mol. The van der Waals surface area contributed by atoms with Crippen molar-refractivity contribution in [2.75, 3.05) is 19.8 Å². The summed E-state index contributed by atoms with van der Waals surface area (Å²) in [5, 5.41) is -0.311. The van der Waals surface area contributed by atoms with Crippen molar-refractivity contribution in [3.05, 3.63) is 28.8 Å². The number of halogens is 3. The molecule has 0 aliphatic heterocycles. The molecule has 1 aromatic carbocycles. The average molecular weight is 311 g/mol. The average Bonchev–Trinajstić information content (AvgIpc) is 2.36. The first-order valence-corrected chi connectivity index (χ1v) is 8.17. The minimum atomic E-state index is -3.30. The van der Waals surface area contributed by atoms with Gasteiger partial charge in [-0.25, -0.2) is 8.78 Å². The van der Waals surface area contributed by atoms with Crippen LogP contribution in [0.3, 0.4) is 0 Å². The zero-order valence-electron chi connectivity index (χ0n) is 11.1. The number of hydrogen-bond donors (Lipinski definition) is 0. The highest BCUT2D eigenvalue weighted by atomic mass is 35.5. The van der Waals surface area contributed by atoms with E-state index in [2.05, 4.69) is 0 Å². The summed E-state index contributed by atoms with van der Waals surface area (Å²) < 4.78 is 43.8. The van der Waals surface area contributed by atoms with Crippen LogP contribution in [0, 0.1) is 11.6 Å². The Morgan fingerprint density at radius 2 is 1.32 bits per heavy atom. The van der Waals surface area contributed by atoms with E-state index in [1.807, 2.05) is 0 Å². The number of hydrogen-bond acceptors (Lipinski definition) is 3. The van der Waals surface area contributed by atoms with Gasteiger partial charge in [-0.3, -0.25) is 0 Å². The fourth-order valence-corrected chi connectivity index (χ4v) is 4.28. The highest BCUT2D eigenvalue weighted by Crippen LogP contribution is 2.20. The lowest BCUT2D eigenvalue weighted by molar-refractivity contribution is 0.0857. The first-order valence-electron chi connectivity index (χ1n) is 6.07. The second kappa shape index (κ2) is 7.30. The van der Waals surface area contributed by atoms with Crippen molar-refractivity contribution in [1.82, 2.24) is 0 Å². The van der Waals surface area contributed by atoms with Crippen LogP contribution in [-0.4, -0.2) is 28.6 Å². The molecule has 1 rings (SSSR count). The van der Waals surface area contributed by atoms with E-state index < -0.39 is 25.5 Å².